The second-order valence-corrected chi connectivity index (χ2v) is 4.15. The topological polar surface area (TPSA) is 52.0 Å². The number of rotatable bonds is 4. The van der Waals surface area contributed by atoms with Gasteiger partial charge >= 0.3 is 0 Å². The molecular weight excluding hydrogens is 204 g/mol. The van der Waals surface area contributed by atoms with Crippen molar-refractivity contribution in [2.45, 2.75) is 38.8 Å². The minimum Gasteiger partial charge on any atom is -0.381 e. The van der Waals surface area contributed by atoms with Crippen LogP contribution < -0.4 is 5.32 Å². The Morgan fingerprint density at radius 2 is 2.19 bits per heavy atom. The average molecular weight is 224 g/mol. The highest BCUT2D eigenvalue weighted by atomic mass is 16.5. The van der Waals surface area contributed by atoms with Gasteiger partial charge in [0.05, 0.1) is 11.4 Å². The van der Waals surface area contributed by atoms with Crippen molar-refractivity contribution in [2.75, 3.05) is 20.3 Å². The molecule has 0 saturated carbocycles. The first-order valence-electron chi connectivity index (χ1n) is 6.01. The number of aromatic nitrogens is 3. The molecule has 2 heterocycles. The molecule has 1 aromatic rings. The molecular formula is C11H20N4O. The Morgan fingerprint density at radius 1 is 1.44 bits per heavy atom. The molecule has 0 aliphatic carbocycles. The second-order valence-electron chi connectivity index (χ2n) is 4.15. The van der Waals surface area contributed by atoms with E-state index < -0.39 is 0 Å². The minimum atomic E-state index is 0.562. The highest BCUT2D eigenvalue weighted by Gasteiger charge is 2.23. The summed E-state index contributed by atoms with van der Waals surface area (Å²) in [6.45, 7) is 5.52. The van der Waals surface area contributed by atoms with Crippen molar-refractivity contribution in [3.63, 3.8) is 0 Å². The van der Waals surface area contributed by atoms with Crippen LogP contribution in [0.3, 0.4) is 0 Å². The molecule has 0 atom stereocenters. The second kappa shape index (κ2) is 5.41. The normalized spacial score (nSPS) is 17.9. The van der Waals surface area contributed by atoms with E-state index in [1.807, 2.05) is 11.7 Å². The molecule has 0 spiro atoms. The van der Waals surface area contributed by atoms with Crippen LogP contribution in [0, 0.1) is 0 Å². The van der Waals surface area contributed by atoms with E-state index in [-0.39, 0.29) is 0 Å². The molecule has 5 heteroatoms. The van der Waals surface area contributed by atoms with E-state index in [0.29, 0.717) is 5.92 Å². The van der Waals surface area contributed by atoms with E-state index in [0.717, 1.165) is 44.8 Å². The predicted octanol–water partition coefficient (Wildman–Crippen LogP) is 0.911. The van der Waals surface area contributed by atoms with Gasteiger partial charge < -0.3 is 10.1 Å². The van der Waals surface area contributed by atoms with E-state index in [9.17, 15) is 0 Å². The molecule has 0 amide bonds. The van der Waals surface area contributed by atoms with Crippen molar-refractivity contribution in [2.24, 2.45) is 0 Å². The van der Waals surface area contributed by atoms with Crippen molar-refractivity contribution in [3.05, 3.63) is 11.4 Å². The van der Waals surface area contributed by atoms with Crippen molar-refractivity contribution in [3.8, 4) is 0 Å². The fourth-order valence-corrected chi connectivity index (χ4v) is 2.30. The Bertz CT molecular complexity index is 331. The molecule has 0 aromatic carbocycles. The third-order valence-corrected chi connectivity index (χ3v) is 3.10. The van der Waals surface area contributed by atoms with Crippen molar-refractivity contribution in [1.29, 1.82) is 0 Å². The molecule has 1 saturated heterocycles. The predicted molar refractivity (Wildman–Crippen MR) is 61.3 cm³/mol. The summed E-state index contributed by atoms with van der Waals surface area (Å²) in [6, 6.07) is 0. The Kier molecular flexibility index (Phi) is 3.90. The molecule has 0 radical (unpaired) electrons. The zero-order valence-corrected chi connectivity index (χ0v) is 10.1. The first-order valence-corrected chi connectivity index (χ1v) is 6.01. The molecule has 16 heavy (non-hydrogen) atoms. The van der Waals surface area contributed by atoms with Gasteiger partial charge in [0.2, 0.25) is 0 Å². The molecule has 90 valence electrons. The molecule has 1 fully saturated rings. The van der Waals surface area contributed by atoms with E-state index in [1.165, 1.54) is 5.69 Å². The minimum absolute atomic E-state index is 0.562. The zero-order valence-electron chi connectivity index (χ0n) is 10.1. The van der Waals surface area contributed by atoms with Crippen LogP contribution in [-0.4, -0.2) is 35.3 Å². The summed E-state index contributed by atoms with van der Waals surface area (Å²) < 4.78 is 7.44. The zero-order chi connectivity index (χ0) is 11.4. The summed E-state index contributed by atoms with van der Waals surface area (Å²) in [7, 11) is 1.94. The molecule has 0 bridgehead atoms. The first kappa shape index (κ1) is 11.5. The van der Waals surface area contributed by atoms with Gasteiger partial charge in [0, 0.05) is 32.2 Å². The maximum atomic E-state index is 5.41. The van der Waals surface area contributed by atoms with Gasteiger partial charge in [0.1, 0.15) is 0 Å². The molecule has 2 rings (SSSR count). The number of hydrogen-bond acceptors (Lipinski definition) is 4. The highest BCUT2D eigenvalue weighted by Crippen LogP contribution is 2.28. The Labute approximate surface area is 96.2 Å². The lowest BCUT2D eigenvalue weighted by Gasteiger charge is -2.23. The van der Waals surface area contributed by atoms with Gasteiger partial charge in [-0.2, -0.15) is 0 Å². The van der Waals surface area contributed by atoms with Gasteiger partial charge in [-0.3, -0.25) is 0 Å². The lowest BCUT2D eigenvalue weighted by Crippen LogP contribution is -2.20. The van der Waals surface area contributed by atoms with Crippen LogP contribution in [0.15, 0.2) is 0 Å². The van der Waals surface area contributed by atoms with Crippen LogP contribution in [0.2, 0.25) is 0 Å². The quantitative estimate of drug-likeness (QED) is 0.826. The summed E-state index contributed by atoms with van der Waals surface area (Å²) in [4.78, 5) is 0. The van der Waals surface area contributed by atoms with Gasteiger partial charge in [-0.1, -0.05) is 5.21 Å². The third-order valence-electron chi connectivity index (χ3n) is 3.10. The van der Waals surface area contributed by atoms with Crippen molar-refractivity contribution in [1.82, 2.24) is 20.3 Å². The number of nitrogens with one attached hydrogen (secondary N) is 1. The van der Waals surface area contributed by atoms with Crippen LogP contribution in [0.1, 0.15) is 37.1 Å². The molecule has 1 aliphatic rings. The van der Waals surface area contributed by atoms with E-state index >= 15 is 0 Å². The fourth-order valence-electron chi connectivity index (χ4n) is 2.30. The molecule has 0 unspecified atom stereocenters. The van der Waals surface area contributed by atoms with Gasteiger partial charge in [0.15, 0.2) is 0 Å². The number of nitrogens with zero attached hydrogens (tertiary/aromatic N) is 3. The lowest BCUT2D eigenvalue weighted by atomic mass is 9.94. The lowest BCUT2D eigenvalue weighted by molar-refractivity contribution is 0.0833. The molecule has 1 aliphatic heterocycles. The Balaban J connectivity index is 2.23. The molecule has 5 nitrogen and oxygen atoms in total. The maximum absolute atomic E-state index is 5.41. The summed E-state index contributed by atoms with van der Waals surface area (Å²) in [5.74, 6) is 0.562. The highest BCUT2D eigenvalue weighted by molar-refractivity contribution is 5.16. The Hall–Kier alpha value is -0.940. The van der Waals surface area contributed by atoms with Gasteiger partial charge in [-0.25, -0.2) is 4.68 Å². The van der Waals surface area contributed by atoms with Crippen LogP contribution in [0.4, 0.5) is 0 Å². The van der Waals surface area contributed by atoms with Crippen LogP contribution in [-0.2, 0) is 17.8 Å². The third kappa shape index (κ3) is 2.25. The molecule has 1 N–H and O–H groups in total. The number of ether oxygens (including phenoxy) is 1. The fraction of sp³-hybridized carbons (Fsp3) is 0.818. The standard InChI is InChI=1S/C11H20N4O/c1-3-15-11(9-4-6-16-7-5-9)10(8-12-2)13-14-15/h9,12H,3-8H2,1-2H3. The van der Waals surface area contributed by atoms with Crippen molar-refractivity contribution >= 4 is 0 Å². The van der Waals surface area contributed by atoms with Crippen LogP contribution in [0.5, 0.6) is 0 Å². The average Bonchev–Trinajstić information content (AvgIpc) is 2.74. The molecule has 1 aromatic heterocycles. The van der Waals surface area contributed by atoms with Gasteiger partial charge in [-0.05, 0) is 26.8 Å². The Morgan fingerprint density at radius 3 is 2.81 bits per heavy atom. The van der Waals surface area contributed by atoms with Gasteiger partial charge in [0.25, 0.3) is 0 Å². The van der Waals surface area contributed by atoms with Crippen molar-refractivity contribution < 1.29 is 4.74 Å². The smallest absolute Gasteiger partial charge is 0.0999 e. The summed E-state index contributed by atoms with van der Waals surface area (Å²) in [5, 5.41) is 11.6. The summed E-state index contributed by atoms with van der Waals surface area (Å²) in [6.07, 6.45) is 2.17. The number of hydrogen-bond donors (Lipinski definition) is 1. The van der Waals surface area contributed by atoms with Crippen LogP contribution >= 0.6 is 0 Å². The van der Waals surface area contributed by atoms with E-state index in [4.69, 9.17) is 4.74 Å². The number of aryl methyl sites for hydroxylation is 1. The monoisotopic (exact) mass is 224 g/mol. The van der Waals surface area contributed by atoms with E-state index in [1.54, 1.807) is 0 Å². The SMILES string of the molecule is CCn1nnc(CNC)c1C1CCOCC1. The first-order chi connectivity index (χ1) is 7.86. The maximum Gasteiger partial charge on any atom is 0.0999 e. The van der Waals surface area contributed by atoms with Crippen LogP contribution in [0.25, 0.3) is 0 Å². The largest absolute Gasteiger partial charge is 0.381 e. The van der Waals surface area contributed by atoms with E-state index in [2.05, 4.69) is 22.6 Å². The summed E-state index contributed by atoms with van der Waals surface area (Å²) >= 11 is 0. The van der Waals surface area contributed by atoms with Gasteiger partial charge in [-0.15, -0.1) is 5.10 Å². The summed E-state index contributed by atoms with van der Waals surface area (Å²) in [5.41, 5.74) is 2.40.